The highest BCUT2D eigenvalue weighted by atomic mass is 32.2. The molecule has 0 atom stereocenters. The number of hydrogen-bond acceptors (Lipinski definition) is 7. The first-order valence-electron chi connectivity index (χ1n) is 11.3. The lowest BCUT2D eigenvalue weighted by Crippen LogP contribution is -2.50. The van der Waals surface area contributed by atoms with Crippen LogP contribution in [0.2, 0.25) is 0 Å². The normalized spacial score (nSPS) is 18.8. The van der Waals surface area contributed by atoms with E-state index in [4.69, 9.17) is 9.15 Å². The number of carbonyl (C=O) groups excluding carboxylic acids is 1. The lowest BCUT2D eigenvalue weighted by atomic mass is 9.99. The number of para-hydroxylation sites is 2. The number of likely N-dealkylation sites (tertiary alicyclic amines) is 2. The second kappa shape index (κ2) is 9.92. The Morgan fingerprint density at radius 2 is 1.78 bits per heavy atom. The number of nitrogens with zero attached hydrogens (tertiary/aromatic N) is 4. The maximum Gasteiger partial charge on any atom is 0.257 e. The molecule has 32 heavy (non-hydrogen) atoms. The predicted molar refractivity (Wildman–Crippen MR) is 124 cm³/mol. The van der Waals surface area contributed by atoms with Gasteiger partial charge >= 0.3 is 0 Å². The summed E-state index contributed by atoms with van der Waals surface area (Å²) in [6.07, 6.45) is 7.98. The first-order chi connectivity index (χ1) is 15.7. The van der Waals surface area contributed by atoms with Gasteiger partial charge in [-0.05, 0) is 49.9 Å². The smallest absolute Gasteiger partial charge is 0.257 e. The third kappa shape index (κ3) is 5.07. The maximum absolute atomic E-state index is 12.7. The van der Waals surface area contributed by atoms with E-state index in [1.807, 2.05) is 41.3 Å². The Morgan fingerprint density at radius 1 is 1.03 bits per heavy atom. The summed E-state index contributed by atoms with van der Waals surface area (Å²) in [6.45, 7) is 3.76. The zero-order chi connectivity index (χ0) is 21.8. The van der Waals surface area contributed by atoms with E-state index in [1.165, 1.54) is 11.8 Å². The van der Waals surface area contributed by atoms with Gasteiger partial charge in [0.05, 0.1) is 5.75 Å². The van der Waals surface area contributed by atoms with Crippen LogP contribution in [0.1, 0.15) is 25.7 Å². The van der Waals surface area contributed by atoms with Crippen LogP contribution in [0.5, 0.6) is 5.75 Å². The maximum atomic E-state index is 12.7. The summed E-state index contributed by atoms with van der Waals surface area (Å²) in [7, 11) is 0. The molecule has 0 N–H and O–H groups in total. The Labute approximate surface area is 192 Å². The number of benzene rings is 1. The topological polar surface area (TPSA) is 71.7 Å². The molecule has 7 nitrogen and oxygen atoms in total. The first-order valence-corrected chi connectivity index (χ1v) is 12.3. The molecule has 1 aromatic carbocycles. The van der Waals surface area contributed by atoms with Crippen molar-refractivity contribution in [2.24, 2.45) is 0 Å². The fraction of sp³-hybridized carbons (Fsp3) is 0.458. The minimum absolute atomic E-state index is 0.167. The molecule has 2 saturated heterocycles. The van der Waals surface area contributed by atoms with Crippen molar-refractivity contribution in [1.29, 1.82) is 0 Å². The van der Waals surface area contributed by atoms with Crippen LogP contribution >= 0.6 is 11.8 Å². The number of pyridine rings is 1. The van der Waals surface area contributed by atoms with Crippen molar-refractivity contribution in [3.63, 3.8) is 0 Å². The van der Waals surface area contributed by atoms with Crippen molar-refractivity contribution >= 4 is 28.8 Å². The SMILES string of the molecule is O=C(CSc1nc2ccccc2o1)N1CCC(N2CCC(Oc3ccncc3)CC2)CC1. The average Bonchev–Trinajstić information content (AvgIpc) is 3.27. The molecule has 0 unspecified atom stereocenters. The minimum Gasteiger partial charge on any atom is -0.490 e. The van der Waals surface area contributed by atoms with E-state index < -0.39 is 0 Å². The van der Waals surface area contributed by atoms with E-state index in [0.29, 0.717) is 17.0 Å². The summed E-state index contributed by atoms with van der Waals surface area (Å²) in [6, 6.07) is 12.1. The Bertz CT molecular complexity index is 995. The van der Waals surface area contributed by atoms with E-state index in [-0.39, 0.29) is 12.0 Å². The van der Waals surface area contributed by atoms with E-state index in [9.17, 15) is 4.79 Å². The van der Waals surface area contributed by atoms with E-state index in [2.05, 4.69) is 14.9 Å². The summed E-state index contributed by atoms with van der Waals surface area (Å²) in [5, 5.41) is 0.561. The van der Waals surface area contributed by atoms with Gasteiger partial charge in [-0.15, -0.1) is 0 Å². The number of hydrogen-bond donors (Lipinski definition) is 0. The van der Waals surface area contributed by atoms with Crippen LogP contribution in [-0.2, 0) is 4.79 Å². The number of fused-ring (bicyclic) bond motifs is 1. The van der Waals surface area contributed by atoms with Crippen LogP contribution in [0.4, 0.5) is 0 Å². The van der Waals surface area contributed by atoms with Crippen molar-refractivity contribution in [1.82, 2.24) is 19.8 Å². The van der Waals surface area contributed by atoms with Crippen molar-refractivity contribution in [3.8, 4) is 5.75 Å². The van der Waals surface area contributed by atoms with E-state index in [1.54, 1.807) is 12.4 Å². The quantitative estimate of drug-likeness (QED) is 0.526. The monoisotopic (exact) mass is 452 g/mol. The van der Waals surface area contributed by atoms with Gasteiger partial charge in [-0.2, -0.15) is 0 Å². The van der Waals surface area contributed by atoms with Gasteiger partial charge in [0.1, 0.15) is 17.4 Å². The molecule has 1 amide bonds. The van der Waals surface area contributed by atoms with Crippen molar-refractivity contribution < 1.29 is 13.9 Å². The largest absolute Gasteiger partial charge is 0.490 e. The standard InChI is InChI=1S/C24H28N4O3S/c29-23(17-32-24-26-21-3-1-2-4-22(21)31-24)28-13-7-18(8-14-28)27-15-9-20(10-16-27)30-19-5-11-25-12-6-19/h1-6,11-12,18,20H,7-10,13-17H2. The third-order valence-electron chi connectivity index (χ3n) is 6.36. The van der Waals surface area contributed by atoms with Gasteiger partial charge in [-0.1, -0.05) is 23.9 Å². The highest BCUT2D eigenvalue weighted by Crippen LogP contribution is 2.26. The molecule has 0 saturated carbocycles. The molecular weight excluding hydrogens is 424 g/mol. The molecule has 0 radical (unpaired) electrons. The van der Waals surface area contributed by atoms with Gasteiger partial charge in [0.2, 0.25) is 5.91 Å². The summed E-state index contributed by atoms with van der Waals surface area (Å²) in [5.41, 5.74) is 1.59. The number of oxazole rings is 1. The lowest BCUT2D eigenvalue weighted by Gasteiger charge is -2.41. The second-order valence-electron chi connectivity index (χ2n) is 8.38. The first kappa shape index (κ1) is 21.3. The summed E-state index contributed by atoms with van der Waals surface area (Å²) in [5.74, 6) is 1.44. The molecule has 0 aliphatic carbocycles. The molecule has 3 aromatic rings. The lowest BCUT2D eigenvalue weighted by molar-refractivity contribution is -0.130. The zero-order valence-corrected chi connectivity index (χ0v) is 18.9. The molecule has 4 heterocycles. The van der Waals surface area contributed by atoms with Crippen molar-refractivity contribution in [2.75, 3.05) is 31.9 Å². The van der Waals surface area contributed by atoms with Gasteiger partial charge in [0.25, 0.3) is 5.22 Å². The zero-order valence-electron chi connectivity index (χ0n) is 18.1. The van der Waals surface area contributed by atoms with Crippen LogP contribution < -0.4 is 4.74 Å². The molecule has 0 spiro atoms. The molecular formula is C24H28N4O3S. The number of piperidine rings is 2. The highest BCUT2D eigenvalue weighted by molar-refractivity contribution is 7.99. The highest BCUT2D eigenvalue weighted by Gasteiger charge is 2.30. The van der Waals surface area contributed by atoms with Crippen LogP contribution in [0.25, 0.3) is 11.1 Å². The van der Waals surface area contributed by atoms with E-state index in [0.717, 1.165) is 68.7 Å². The van der Waals surface area contributed by atoms with Gasteiger partial charge in [-0.3, -0.25) is 14.7 Å². The van der Waals surface area contributed by atoms with Crippen LogP contribution in [0.3, 0.4) is 0 Å². The number of thioether (sulfide) groups is 1. The van der Waals surface area contributed by atoms with Gasteiger partial charge in [0.15, 0.2) is 5.58 Å². The Balaban J connectivity index is 1.04. The molecule has 8 heteroatoms. The molecule has 2 aromatic heterocycles. The number of rotatable bonds is 6. The third-order valence-corrected chi connectivity index (χ3v) is 7.17. The molecule has 0 bridgehead atoms. The molecule has 2 aliphatic rings. The number of amides is 1. The fourth-order valence-corrected chi connectivity index (χ4v) is 5.32. The van der Waals surface area contributed by atoms with Gasteiger partial charge in [0, 0.05) is 44.6 Å². The summed E-state index contributed by atoms with van der Waals surface area (Å²) < 4.78 is 11.8. The van der Waals surface area contributed by atoms with Crippen molar-refractivity contribution in [2.45, 2.75) is 43.1 Å². The minimum atomic E-state index is 0.167. The molecule has 5 rings (SSSR count). The van der Waals surface area contributed by atoms with Crippen molar-refractivity contribution in [3.05, 3.63) is 48.8 Å². The van der Waals surface area contributed by atoms with Crippen LogP contribution in [-0.4, -0.2) is 69.8 Å². The number of carbonyl (C=O) groups is 1. The van der Waals surface area contributed by atoms with Gasteiger partial charge < -0.3 is 14.1 Å². The van der Waals surface area contributed by atoms with Gasteiger partial charge in [-0.25, -0.2) is 4.98 Å². The number of ether oxygens (including phenoxy) is 1. The number of aromatic nitrogens is 2. The molecule has 2 fully saturated rings. The van der Waals surface area contributed by atoms with Crippen LogP contribution in [0.15, 0.2) is 58.4 Å². The molecule has 2 aliphatic heterocycles. The molecule has 168 valence electrons. The Morgan fingerprint density at radius 3 is 2.53 bits per heavy atom. The van der Waals surface area contributed by atoms with E-state index >= 15 is 0 Å². The summed E-state index contributed by atoms with van der Waals surface area (Å²) >= 11 is 1.38. The van der Waals surface area contributed by atoms with Crippen LogP contribution in [0, 0.1) is 0 Å². The average molecular weight is 453 g/mol. The Kier molecular flexibility index (Phi) is 6.59. The Hall–Kier alpha value is -2.58. The fourth-order valence-electron chi connectivity index (χ4n) is 4.58. The predicted octanol–water partition coefficient (Wildman–Crippen LogP) is 3.85. The summed E-state index contributed by atoms with van der Waals surface area (Å²) in [4.78, 5) is 25.7. The second-order valence-corrected chi connectivity index (χ2v) is 9.31.